The number of fused-ring (bicyclic) bond motifs is 1. The Hall–Kier alpha value is -2.73. The number of carbonyl (C=O) groups is 2. The number of amides is 1. The third kappa shape index (κ3) is 4.22. The van der Waals surface area contributed by atoms with Crippen molar-refractivity contribution in [3.63, 3.8) is 0 Å². The number of anilines is 1. The van der Waals surface area contributed by atoms with E-state index in [4.69, 9.17) is 4.74 Å². The highest BCUT2D eigenvalue weighted by Crippen LogP contribution is 2.20. The fourth-order valence-electron chi connectivity index (χ4n) is 2.25. The van der Waals surface area contributed by atoms with Crippen LogP contribution in [-0.2, 0) is 9.53 Å². The van der Waals surface area contributed by atoms with E-state index in [-0.39, 0.29) is 12.3 Å². The van der Waals surface area contributed by atoms with Gasteiger partial charge in [0, 0.05) is 15.5 Å². The SMILES string of the molecule is Cc1ccc(NC(=O)COC(=O)c2ccc3ccccc3n2)cc1Br. The summed E-state index contributed by atoms with van der Waals surface area (Å²) in [5.41, 5.74) is 2.56. The van der Waals surface area contributed by atoms with Gasteiger partial charge in [0.2, 0.25) is 0 Å². The van der Waals surface area contributed by atoms with Crippen molar-refractivity contribution in [1.82, 2.24) is 4.98 Å². The zero-order valence-corrected chi connectivity index (χ0v) is 15.0. The van der Waals surface area contributed by atoms with Gasteiger partial charge in [0.05, 0.1) is 5.52 Å². The van der Waals surface area contributed by atoms with Gasteiger partial charge in [-0.05, 0) is 36.8 Å². The Morgan fingerprint density at radius 3 is 2.72 bits per heavy atom. The molecule has 0 aliphatic rings. The lowest BCUT2D eigenvalue weighted by molar-refractivity contribution is -0.119. The molecule has 0 saturated heterocycles. The van der Waals surface area contributed by atoms with E-state index in [0.29, 0.717) is 11.2 Å². The molecule has 0 unspecified atom stereocenters. The van der Waals surface area contributed by atoms with Crippen molar-refractivity contribution in [2.24, 2.45) is 0 Å². The van der Waals surface area contributed by atoms with Gasteiger partial charge in [-0.3, -0.25) is 4.79 Å². The number of hydrogen-bond donors (Lipinski definition) is 1. The Kier molecular flexibility index (Phi) is 5.09. The van der Waals surface area contributed by atoms with Crippen LogP contribution in [-0.4, -0.2) is 23.5 Å². The quantitative estimate of drug-likeness (QED) is 0.671. The van der Waals surface area contributed by atoms with E-state index in [2.05, 4.69) is 26.2 Å². The molecule has 25 heavy (non-hydrogen) atoms. The molecule has 1 N–H and O–H groups in total. The Morgan fingerprint density at radius 2 is 1.92 bits per heavy atom. The molecule has 3 aromatic rings. The summed E-state index contributed by atoms with van der Waals surface area (Å²) in [5.74, 6) is -1.05. The molecule has 5 nitrogen and oxygen atoms in total. The largest absolute Gasteiger partial charge is 0.451 e. The number of halogens is 1. The smallest absolute Gasteiger partial charge is 0.357 e. The molecule has 0 fully saturated rings. The van der Waals surface area contributed by atoms with Gasteiger partial charge in [-0.1, -0.05) is 46.3 Å². The summed E-state index contributed by atoms with van der Waals surface area (Å²) in [6, 6.07) is 16.3. The van der Waals surface area contributed by atoms with Crippen molar-refractivity contribution < 1.29 is 14.3 Å². The number of hydrogen-bond acceptors (Lipinski definition) is 4. The van der Waals surface area contributed by atoms with Crippen molar-refractivity contribution in [3.8, 4) is 0 Å². The lowest BCUT2D eigenvalue weighted by Gasteiger charge is -2.08. The number of ether oxygens (including phenoxy) is 1. The number of pyridine rings is 1. The molecule has 1 amide bonds. The molecule has 0 aliphatic heterocycles. The Bertz CT molecular complexity index is 956. The number of para-hydroxylation sites is 1. The Balaban J connectivity index is 1.60. The maximum absolute atomic E-state index is 12.1. The van der Waals surface area contributed by atoms with Crippen LogP contribution in [0.15, 0.2) is 59.1 Å². The molecule has 0 aliphatic carbocycles. The van der Waals surface area contributed by atoms with Crippen molar-refractivity contribution in [3.05, 3.63) is 70.3 Å². The normalized spacial score (nSPS) is 10.5. The second-order valence-corrected chi connectivity index (χ2v) is 6.33. The maximum atomic E-state index is 12.1. The van der Waals surface area contributed by atoms with E-state index in [9.17, 15) is 9.59 Å². The van der Waals surface area contributed by atoms with Gasteiger partial charge in [-0.2, -0.15) is 0 Å². The number of carbonyl (C=O) groups excluding carboxylic acids is 2. The monoisotopic (exact) mass is 398 g/mol. The summed E-state index contributed by atoms with van der Waals surface area (Å²) in [7, 11) is 0. The maximum Gasteiger partial charge on any atom is 0.357 e. The number of benzene rings is 2. The van der Waals surface area contributed by atoms with Gasteiger partial charge >= 0.3 is 5.97 Å². The third-order valence-electron chi connectivity index (χ3n) is 3.60. The van der Waals surface area contributed by atoms with Crippen molar-refractivity contribution in [1.29, 1.82) is 0 Å². The minimum atomic E-state index is -0.633. The number of rotatable bonds is 4. The van der Waals surface area contributed by atoms with Crippen LogP contribution >= 0.6 is 15.9 Å². The predicted octanol–water partition coefficient (Wildman–Crippen LogP) is 4.10. The van der Waals surface area contributed by atoms with Gasteiger partial charge in [-0.15, -0.1) is 0 Å². The predicted molar refractivity (Wildman–Crippen MR) is 99.5 cm³/mol. The summed E-state index contributed by atoms with van der Waals surface area (Å²) in [6.07, 6.45) is 0. The van der Waals surface area contributed by atoms with E-state index in [1.165, 1.54) is 0 Å². The lowest BCUT2D eigenvalue weighted by atomic mass is 10.2. The highest BCUT2D eigenvalue weighted by Gasteiger charge is 2.12. The van der Waals surface area contributed by atoms with Crippen LogP contribution in [0.3, 0.4) is 0 Å². The summed E-state index contributed by atoms with van der Waals surface area (Å²) in [5, 5.41) is 3.61. The number of nitrogens with zero attached hydrogens (tertiary/aromatic N) is 1. The molecule has 0 atom stereocenters. The minimum absolute atomic E-state index is 0.171. The van der Waals surface area contributed by atoms with Gasteiger partial charge in [0.15, 0.2) is 6.61 Å². The number of esters is 1. The van der Waals surface area contributed by atoms with Gasteiger partial charge in [-0.25, -0.2) is 9.78 Å². The topological polar surface area (TPSA) is 68.3 Å². The van der Waals surface area contributed by atoms with Crippen molar-refractivity contribution in [2.75, 3.05) is 11.9 Å². The van der Waals surface area contributed by atoms with E-state index in [0.717, 1.165) is 15.4 Å². The second-order valence-electron chi connectivity index (χ2n) is 5.48. The first-order valence-corrected chi connectivity index (χ1v) is 8.41. The minimum Gasteiger partial charge on any atom is -0.451 e. The summed E-state index contributed by atoms with van der Waals surface area (Å²) >= 11 is 3.40. The van der Waals surface area contributed by atoms with Crippen LogP contribution in [0.25, 0.3) is 10.9 Å². The highest BCUT2D eigenvalue weighted by atomic mass is 79.9. The molecule has 1 aromatic heterocycles. The van der Waals surface area contributed by atoms with Crippen LogP contribution < -0.4 is 5.32 Å². The zero-order valence-electron chi connectivity index (χ0n) is 13.5. The van der Waals surface area contributed by atoms with E-state index < -0.39 is 11.9 Å². The van der Waals surface area contributed by atoms with Crippen LogP contribution in [0, 0.1) is 6.92 Å². The molecule has 6 heteroatoms. The summed E-state index contributed by atoms with van der Waals surface area (Å²) in [6.45, 7) is 1.58. The fraction of sp³-hybridized carbons (Fsp3) is 0.105. The number of aryl methyl sites for hydroxylation is 1. The molecular weight excluding hydrogens is 384 g/mol. The summed E-state index contributed by atoms with van der Waals surface area (Å²) < 4.78 is 5.93. The number of nitrogens with one attached hydrogen (secondary N) is 1. The Morgan fingerprint density at radius 1 is 1.12 bits per heavy atom. The first-order chi connectivity index (χ1) is 12.0. The molecule has 0 bridgehead atoms. The molecule has 0 saturated carbocycles. The Labute approximate surface area is 153 Å². The van der Waals surface area contributed by atoms with Crippen LogP contribution in [0.2, 0.25) is 0 Å². The molecular formula is C19H15BrN2O3. The number of aromatic nitrogens is 1. The average molecular weight is 399 g/mol. The first kappa shape index (κ1) is 17.1. The molecule has 126 valence electrons. The average Bonchev–Trinajstić information content (AvgIpc) is 2.62. The van der Waals surface area contributed by atoms with E-state index in [1.807, 2.05) is 37.3 Å². The molecule has 0 radical (unpaired) electrons. The van der Waals surface area contributed by atoms with Gasteiger partial charge in [0.25, 0.3) is 5.91 Å². The van der Waals surface area contributed by atoms with E-state index in [1.54, 1.807) is 24.3 Å². The second kappa shape index (κ2) is 7.44. The van der Waals surface area contributed by atoms with Crippen LogP contribution in [0.1, 0.15) is 16.1 Å². The molecule has 1 heterocycles. The van der Waals surface area contributed by atoms with Gasteiger partial charge in [0.1, 0.15) is 5.69 Å². The van der Waals surface area contributed by atoms with E-state index >= 15 is 0 Å². The zero-order chi connectivity index (χ0) is 17.8. The molecule has 0 spiro atoms. The summed E-state index contributed by atoms with van der Waals surface area (Å²) in [4.78, 5) is 28.3. The molecule has 2 aromatic carbocycles. The standard InChI is InChI=1S/C19H15BrN2O3/c1-12-6-8-14(10-15(12)20)21-18(23)11-25-19(24)17-9-7-13-4-2-3-5-16(13)22-17/h2-10H,11H2,1H3,(H,21,23). The fourth-order valence-corrected chi connectivity index (χ4v) is 2.63. The molecule has 3 rings (SSSR count). The van der Waals surface area contributed by atoms with Crippen molar-refractivity contribution >= 4 is 44.4 Å². The first-order valence-electron chi connectivity index (χ1n) is 7.62. The highest BCUT2D eigenvalue weighted by molar-refractivity contribution is 9.10. The third-order valence-corrected chi connectivity index (χ3v) is 4.45. The van der Waals surface area contributed by atoms with Crippen LogP contribution in [0.5, 0.6) is 0 Å². The van der Waals surface area contributed by atoms with Crippen LogP contribution in [0.4, 0.5) is 5.69 Å². The van der Waals surface area contributed by atoms with Gasteiger partial charge < -0.3 is 10.1 Å². The van der Waals surface area contributed by atoms with Crippen molar-refractivity contribution in [2.45, 2.75) is 6.92 Å². The lowest BCUT2D eigenvalue weighted by Crippen LogP contribution is -2.21.